The monoisotopic (exact) mass is 389 g/mol. The van der Waals surface area contributed by atoms with Crippen molar-refractivity contribution in [3.05, 3.63) is 95.3 Å². The van der Waals surface area contributed by atoms with Crippen molar-refractivity contribution in [3.8, 4) is 5.75 Å². The molecule has 0 bridgehead atoms. The van der Waals surface area contributed by atoms with E-state index in [0.717, 1.165) is 16.9 Å². The first-order valence-corrected chi connectivity index (χ1v) is 9.35. The molecule has 0 unspecified atom stereocenters. The van der Waals surface area contributed by atoms with Crippen molar-refractivity contribution in [2.75, 3.05) is 13.7 Å². The number of pyridine rings is 1. The van der Waals surface area contributed by atoms with Gasteiger partial charge in [-0.3, -0.25) is 14.6 Å². The second kappa shape index (κ2) is 10.0. The molecular formula is C23H23N3O3. The molecule has 2 amide bonds. The highest BCUT2D eigenvalue weighted by molar-refractivity contribution is 5.98. The van der Waals surface area contributed by atoms with E-state index in [-0.39, 0.29) is 17.5 Å². The largest absolute Gasteiger partial charge is 0.497 e. The van der Waals surface area contributed by atoms with E-state index in [1.54, 1.807) is 13.2 Å². The van der Waals surface area contributed by atoms with Gasteiger partial charge in [-0.1, -0.05) is 42.5 Å². The number of carbonyl (C=O) groups is 2. The SMILES string of the molecule is COc1cccc(CCNC(=O)c2ccnc(C(=O)NCc3ccccc3)c2)c1. The summed E-state index contributed by atoms with van der Waals surface area (Å²) in [4.78, 5) is 28.8. The van der Waals surface area contributed by atoms with Gasteiger partial charge in [0.05, 0.1) is 7.11 Å². The Morgan fingerprint density at radius 2 is 1.69 bits per heavy atom. The van der Waals surface area contributed by atoms with Gasteiger partial charge in [0, 0.05) is 24.8 Å². The van der Waals surface area contributed by atoms with Gasteiger partial charge in [-0.25, -0.2) is 0 Å². The van der Waals surface area contributed by atoms with Crippen LogP contribution in [0.3, 0.4) is 0 Å². The fraction of sp³-hybridized carbons (Fsp3) is 0.174. The van der Waals surface area contributed by atoms with E-state index in [1.807, 2.05) is 54.6 Å². The quantitative estimate of drug-likeness (QED) is 0.621. The van der Waals surface area contributed by atoms with Crippen LogP contribution in [0.4, 0.5) is 0 Å². The molecule has 2 N–H and O–H groups in total. The van der Waals surface area contributed by atoms with Crippen molar-refractivity contribution in [3.63, 3.8) is 0 Å². The lowest BCUT2D eigenvalue weighted by Crippen LogP contribution is -2.27. The lowest BCUT2D eigenvalue weighted by molar-refractivity contribution is 0.0946. The molecule has 3 rings (SSSR count). The molecule has 0 aliphatic heterocycles. The molecule has 1 heterocycles. The molecule has 6 heteroatoms. The van der Waals surface area contributed by atoms with Crippen molar-refractivity contribution < 1.29 is 14.3 Å². The first kappa shape index (κ1) is 20.1. The summed E-state index contributed by atoms with van der Waals surface area (Å²) >= 11 is 0. The predicted octanol–water partition coefficient (Wildman–Crippen LogP) is 2.99. The van der Waals surface area contributed by atoms with Crippen LogP contribution in [0.2, 0.25) is 0 Å². The Kier molecular flexibility index (Phi) is 6.95. The van der Waals surface area contributed by atoms with Crippen LogP contribution < -0.4 is 15.4 Å². The Labute approximate surface area is 169 Å². The minimum atomic E-state index is -0.320. The number of hydrogen-bond donors (Lipinski definition) is 2. The van der Waals surface area contributed by atoms with E-state index >= 15 is 0 Å². The van der Waals surface area contributed by atoms with E-state index in [9.17, 15) is 9.59 Å². The van der Waals surface area contributed by atoms with Crippen LogP contribution in [0.15, 0.2) is 72.9 Å². The summed E-state index contributed by atoms with van der Waals surface area (Å²) in [7, 11) is 1.62. The minimum Gasteiger partial charge on any atom is -0.497 e. The van der Waals surface area contributed by atoms with Crippen molar-refractivity contribution in [2.45, 2.75) is 13.0 Å². The normalized spacial score (nSPS) is 10.2. The number of benzene rings is 2. The van der Waals surface area contributed by atoms with Gasteiger partial charge in [-0.05, 0) is 41.8 Å². The van der Waals surface area contributed by atoms with Crippen LogP contribution in [-0.4, -0.2) is 30.5 Å². The number of aromatic nitrogens is 1. The number of methoxy groups -OCH3 is 1. The number of rotatable bonds is 8. The Balaban J connectivity index is 1.53. The number of hydrogen-bond acceptors (Lipinski definition) is 4. The molecule has 6 nitrogen and oxygen atoms in total. The van der Waals surface area contributed by atoms with E-state index in [4.69, 9.17) is 4.74 Å². The summed E-state index contributed by atoms with van der Waals surface area (Å²) in [5, 5.41) is 5.68. The van der Waals surface area contributed by atoms with Crippen LogP contribution in [0.1, 0.15) is 32.0 Å². The standard InChI is InChI=1S/C23H23N3O3/c1-29-20-9-5-8-17(14-20)10-12-25-22(27)19-11-13-24-21(15-19)23(28)26-16-18-6-3-2-4-7-18/h2-9,11,13-15H,10,12,16H2,1H3,(H,25,27)(H,26,28). The zero-order chi connectivity index (χ0) is 20.5. The highest BCUT2D eigenvalue weighted by Gasteiger charge is 2.11. The number of nitrogens with one attached hydrogen (secondary N) is 2. The van der Waals surface area contributed by atoms with Gasteiger partial charge in [-0.2, -0.15) is 0 Å². The van der Waals surface area contributed by atoms with Crippen molar-refractivity contribution in [2.24, 2.45) is 0 Å². The molecular weight excluding hydrogens is 366 g/mol. The van der Waals surface area contributed by atoms with E-state index < -0.39 is 0 Å². The smallest absolute Gasteiger partial charge is 0.270 e. The fourth-order valence-electron chi connectivity index (χ4n) is 2.82. The predicted molar refractivity (Wildman–Crippen MR) is 111 cm³/mol. The third-order valence-electron chi connectivity index (χ3n) is 4.38. The Morgan fingerprint density at radius 1 is 0.897 bits per heavy atom. The Bertz CT molecular complexity index is 974. The molecule has 0 saturated carbocycles. The van der Waals surface area contributed by atoms with Crippen molar-refractivity contribution >= 4 is 11.8 Å². The summed E-state index contributed by atoms with van der Waals surface area (Å²) in [5.41, 5.74) is 2.67. The highest BCUT2D eigenvalue weighted by Crippen LogP contribution is 2.12. The maximum atomic E-state index is 12.4. The maximum absolute atomic E-state index is 12.4. The molecule has 148 valence electrons. The van der Waals surface area contributed by atoms with Crippen LogP contribution in [0, 0.1) is 0 Å². The van der Waals surface area contributed by atoms with E-state index in [1.165, 1.54) is 12.3 Å². The summed E-state index contributed by atoms with van der Waals surface area (Å²) in [6, 6.07) is 20.4. The molecule has 3 aromatic rings. The van der Waals surface area contributed by atoms with Crippen LogP contribution in [-0.2, 0) is 13.0 Å². The minimum absolute atomic E-state index is 0.210. The number of amides is 2. The number of nitrogens with zero attached hydrogens (tertiary/aromatic N) is 1. The molecule has 1 aromatic heterocycles. The Morgan fingerprint density at radius 3 is 2.48 bits per heavy atom. The summed E-state index contributed by atoms with van der Waals surface area (Å²) < 4.78 is 5.20. The molecule has 0 aliphatic rings. The second-order valence-electron chi connectivity index (χ2n) is 6.46. The average Bonchev–Trinajstić information content (AvgIpc) is 2.78. The van der Waals surface area contributed by atoms with Gasteiger partial charge in [-0.15, -0.1) is 0 Å². The van der Waals surface area contributed by atoms with Gasteiger partial charge in [0.1, 0.15) is 11.4 Å². The molecule has 2 aromatic carbocycles. The first-order chi connectivity index (χ1) is 14.2. The zero-order valence-electron chi connectivity index (χ0n) is 16.2. The third kappa shape index (κ3) is 5.90. The van der Waals surface area contributed by atoms with Crippen LogP contribution in [0.5, 0.6) is 5.75 Å². The van der Waals surface area contributed by atoms with Gasteiger partial charge in [0.25, 0.3) is 11.8 Å². The molecule has 0 spiro atoms. The Hall–Kier alpha value is -3.67. The maximum Gasteiger partial charge on any atom is 0.270 e. The molecule has 0 aliphatic carbocycles. The van der Waals surface area contributed by atoms with Crippen LogP contribution in [0.25, 0.3) is 0 Å². The molecule has 0 fully saturated rings. The molecule has 29 heavy (non-hydrogen) atoms. The van der Waals surface area contributed by atoms with Gasteiger partial charge in [0.15, 0.2) is 0 Å². The fourth-order valence-corrected chi connectivity index (χ4v) is 2.82. The van der Waals surface area contributed by atoms with Gasteiger partial charge < -0.3 is 15.4 Å². The molecule has 0 radical (unpaired) electrons. The highest BCUT2D eigenvalue weighted by atomic mass is 16.5. The topological polar surface area (TPSA) is 80.3 Å². The lowest BCUT2D eigenvalue weighted by atomic mass is 10.1. The number of ether oxygens (including phenoxy) is 1. The van der Waals surface area contributed by atoms with Gasteiger partial charge >= 0.3 is 0 Å². The van der Waals surface area contributed by atoms with Gasteiger partial charge in [0.2, 0.25) is 0 Å². The lowest BCUT2D eigenvalue weighted by Gasteiger charge is -2.08. The van der Waals surface area contributed by atoms with E-state index in [2.05, 4.69) is 15.6 Å². The average molecular weight is 389 g/mol. The molecule has 0 atom stereocenters. The number of carbonyl (C=O) groups excluding carboxylic acids is 2. The summed E-state index contributed by atoms with van der Waals surface area (Å²) in [6.07, 6.45) is 2.15. The van der Waals surface area contributed by atoms with Crippen molar-refractivity contribution in [1.82, 2.24) is 15.6 Å². The molecule has 0 saturated heterocycles. The third-order valence-corrected chi connectivity index (χ3v) is 4.38. The van der Waals surface area contributed by atoms with E-state index in [0.29, 0.717) is 25.1 Å². The van der Waals surface area contributed by atoms with Crippen molar-refractivity contribution in [1.29, 1.82) is 0 Å². The summed E-state index contributed by atoms with van der Waals surface area (Å²) in [6.45, 7) is 0.877. The zero-order valence-corrected chi connectivity index (χ0v) is 16.2. The summed E-state index contributed by atoms with van der Waals surface area (Å²) in [5.74, 6) is 0.224. The first-order valence-electron chi connectivity index (χ1n) is 9.35. The second-order valence-corrected chi connectivity index (χ2v) is 6.46. The van der Waals surface area contributed by atoms with Crippen LogP contribution >= 0.6 is 0 Å².